The lowest BCUT2D eigenvalue weighted by atomic mass is 9.68. The van der Waals surface area contributed by atoms with Crippen molar-refractivity contribution in [2.75, 3.05) is 26.9 Å². The van der Waals surface area contributed by atoms with Crippen molar-refractivity contribution in [1.29, 1.82) is 0 Å². The van der Waals surface area contributed by atoms with E-state index in [1.807, 2.05) is 79.7 Å². The number of carbonyl (C=O) groups excluding carboxylic acids is 2. The number of nitrogens with zero attached hydrogens (tertiary/aromatic N) is 1. The van der Waals surface area contributed by atoms with Crippen molar-refractivity contribution in [3.8, 4) is 17.2 Å². The summed E-state index contributed by atoms with van der Waals surface area (Å²) in [5.74, 6) is -1.39. The lowest BCUT2D eigenvalue weighted by molar-refractivity contribution is -0.140. The normalized spacial score (nSPS) is 20.6. The Balaban J connectivity index is 1.49. The van der Waals surface area contributed by atoms with Gasteiger partial charge in [-0.3, -0.25) is 14.5 Å². The Hall–Kier alpha value is -3.67. The molecule has 2 amide bonds. The fourth-order valence-corrected chi connectivity index (χ4v) is 7.35. The molecule has 0 unspecified atom stereocenters. The van der Waals surface area contributed by atoms with Gasteiger partial charge in [-0.15, -0.1) is 0 Å². The Bertz CT molecular complexity index is 1600. The third kappa shape index (κ3) is 7.16. The van der Waals surface area contributed by atoms with Crippen LogP contribution in [0.15, 0.2) is 83.9 Å². The maximum atomic E-state index is 13.5. The van der Waals surface area contributed by atoms with E-state index < -0.39 is 23.9 Å². The van der Waals surface area contributed by atoms with Crippen molar-refractivity contribution in [3.05, 3.63) is 98.6 Å². The van der Waals surface area contributed by atoms with Crippen LogP contribution in [0, 0.1) is 21.3 Å². The molecule has 0 radical (unpaired) electrons. The van der Waals surface area contributed by atoms with E-state index in [-0.39, 0.29) is 37.2 Å². The molecule has 2 aliphatic rings. The van der Waals surface area contributed by atoms with Crippen LogP contribution in [-0.4, -0.2) is 65.0 Å². The lowest BCUT2D eigenvalue weighted by Crippen LogP contribution is -2.40. The quantitative estimate of drug-likeness (QED) is 0.0843. The molecule has 242 valence electrons. The van der Waals surface area contributed by atoms with Crippen LogP contribution in [-0.2, 0) is 9.59 Å². The number of phenolic OH excluding ortho intramolecular Hbond substituents is 1. The maximum absolute atomic E-state index is 13.5. The van der Waals surface area contributed by atoms with Crippen LogP contribution in [0.1, 0.15) is 43.7 Å². The summed E-state index contributed by atoms with van der Waals surface area (Å²) in [4.78, 5) is 28.3. The Labute approximate surface area is 283 Å². The molecule has 1 saturated heterocycles. The van der Waals surface area contributed by atoms with E-state index in [1.165, 1.54) is 12.0 Å². The van der Waals surface area contributed by atoms with Gasteiger partial charge in [-0.2, -0.15) is 0 Å². The third-order valence-electron chi connectivity index (χ3n) is 8.88. The number of fused-ring (bicyclic) bond motifs is 1. The molecule has 1 aliphatic heterocycles. The standard InChI is InChI=1S/C37H40INO7/c1-3-16-39-36(43)28-20-26(22-46-27-12-8-5-9-13-27)33(29(21-40)34(28)37(39)44)31(41)15-14-25(24-10-6-4-7-11-24)17-23-18-30(38)35(42)32(19-23)45-2/h4-13,17-19,28-29,31,34,40-42H,3,14-16,20-22H2,1-2H3/b25-17-/t28-,29+,31-,34-/m1/s1. The molecule has 0 bridgehead atoms. The maximum Gasteiger partial charge on any atom is 0.233 e. The van der Waals surface area contributed by atoms with Gasteiger partial charge >= 0.3 is 0 Å². The van der Waals surface area contributed by atoms with Crippen LogP contribution >= 0.6 is 22.6 Å². The highest BCUT2D eigenvalue weighted by Crippen LogP contribution is 2.46. The predicted molar refractivity (Wildman–Crippen MR) is 185 cm³/mol. The molecular weight excluding hydrogens is 697 g/mol. The summed E-state index contributed by atoms with van der Waals surface area (Å²) >= 11 is 2.07. The van der Waals surface area contributed by atoms with Gasteiger partial charge in [-0.05, 0) is 100 Å². The number of aliphatic hydroxyl groups is 2. The van der Waals surface area contributed by atoms with Crippen molar-refractivity contribution in [3.63, 3.8) is 0 Å². The summed E-state index contributed by atoms with van der Waals surface area (Å²) in [5, 5.41) is 33.0. The highest BCUT2D eigenvalue weighted by molar-refractivity contribution is 14.1. The minimum absolute atomic E-state index is 0.0808. The number of amides is 2. The number of aromatic hydroxyl groups is 1. The summed E-state index contributed by atoms with van der Waals surface area (Å²) in [6, 6.07) is 22.8. The molecule has 1 fully saturated rings. The topological polar surface area (TPSA) is 117 Å². The van der Waals surface area contributed by atoms with E-state index in [9.17, 15) is 24.9 Å². The first-order valence-electron chi connectivity index (χ1n) is 15.6. The van der Waals surface area contributed by atoms with Crippen LogP contribution in [0.3, 0.4) is 0 Å². The van der Waals surface area contributed by atoms with Gasteiger partial charge < -0.3 is 24.8 Å². The molecule has 5 rings (SSSR count). The number of hydrogen-bond acceptors (Lipinski definition) is 7. The molecule has 3 aromatic carbocycles. The van der Waals surface area contributed by atoms with Gasteiger partial charge in [0.25, 0.3) is 0 Å². The number of carbonyl (C=O) groups is 2. The second-order valence-corrected chi connectivity index (χ2v) is 12.9. The average Bonchev–Trinajstić information content (AvgIpc) is 3.31. The molecule has 1 aliphatic carbocycles. The van der Waals surface area contributed by atoms with Crippen LogP contribution in [0.5, 0.6) is 17.2 Å². The number of methoxy groups -OCH3 is 1. The van der Waals surface area contributed by atoms with Crippen molar-refractivity contribution < 1.29 is 34.4 Å². The SMILES string of the molecule is CCCN1C(=O)[C@@H]2[C@@H](CC(COc3ccccc3)=C([C@H](O)CC/C(=C/c3cc(I)c(O)c(OC)c3)c3ccccc3)[C@@H]2CO)C1=O. The van der Waals surface area contributed by atoms with Gasteiger partial charge in [0.15, 0.2) is 11.5 Å². The van der Waals surface area contributed by atoms with E-state index >= 15 is 0 Å². The van der Waals surface area contributed by atoms with Gasteiger partial charge in [0.2, 0.25) is 11.8 Å². The fraction of sp³-hybridized carbons (Fsp3) is 0.351. The second kappa shape index (κ2) is 15.3. The zero-order valence-electron chi connectivity index (χ0n) is 26.1. The second-order valence-electron chi connectivity index (χ2n) is 11.8. The van der Waals surface area contributed by atoms with Gasteiger partial charge in [0.1, 0.15) is 12.4 Å². The zero-order chi connectivity index (χ0) is 32.8. The van der Waals surface area contributed by atoms with Gasteiger partial charge in [0, 0.05) is 12.5 Å². The Morgan fingerprint density at radius 3 is 2.41 bits per heavy atom. The van der Waals surface area contributed by atoms with E-state index in [0.29, 0.717) is 46.4 Å². The van der Waals surface area contributed by atoms with Crippen LogP contribution in [0.2, 0.25) is 0 Å². The number of allylic oxidation sites excluding steroid dienone is 1. The minimum Gasteiger partial charge on any atom is -0.504 e. The van der Waals surface area contributed by atoms with Crippen LogP contribution in [0.25, 0.3) is 11.6 Å². The van der Waals surface area contributed by atoms with E-state index in [1.54, 1.807) is 6.07 Å². The highest BCUT2D eigenvalue weighted by atomic mass is 127. The third-order valence-corrected chi connectivity index (χ3v) is 9.70. The molecule has 3 aromatic rings. The van der Waals surface area contributed by atoms with E-state index in [4.69, 9.17) is 9.47 Å². The van der Waals surface area contributed by atoms with Crippen molar-refractivity contribution in [1.82, 2.24) is 4.90 Å². The largest absolute Gasteiger partial charge is 0.504 e. The number of halogens is 1. The molecule has 3 N–H and O–H groups in total. The molecule has 0 saturated carbocycles. The van der Waals surface area contributed by atoms with Gasteiger partial charge in [-0.25, -0.2) is 0 Å². The Kier molecular flexibility index (Phi) is 11.2. The smallest absolute Gasteiger partial charge is 0.233 e. The number of rotatable bonds is 13. The molecule has 4 atom stereocenters. The fourth-order valence-electron chi connectivity index (χ4n) is 6.72. The summed E-state index contributed by atoms with van der Waals surface area (Å²) in [7, 11) is 1.51. The molecule has 46 heavy (non-hydrogen) atoms. The van der Waals surface area contributed by atoms with Crippen molar-refractivity contribution in [2.45, 2.75) is 38.7 Å². The van der Waals surface area contributed by atoms with Gasteiger partial charge in [0.05, 0.1) is 35.2 Å². The Morgan fingerprint density at radius 2 is 1.76 bits per heavy atom. The summed E-state index contributed by atoms with van der Waals surface area (Å²) in [6.07, 6.45) is 2.75. The van der Waals surface area contributed by atoms with E-state index in [0.717, 1.165) is 22.3 Å². The number of phenols is 1. The molecule has 1 heterocycles. The Morgan fingerprint density at radius 1 is 1.07 bits per heavy atom. The average molecular weight is 738 g/mol. The number of para-hydroxylation sites is 1. The van der Waals surface area contributed by atoms with Crippen LogP contribution < -0.4 is 9.47 Å². The summed E-state index contributed by atoms with van der Waals surface area (Å²) < 4.78 is 12.1. The molecule has 0 aromatic heterocycles. The van der Waals surface area contributed by atoms with E-state index in [2.05, 4.69) is 22.6 Å². The molecule has 0 spiro atoms. The first kappa shape index (κ1) is 33.7. The lowest BCUT2D eigenvalue weighted by Gasteiger charge is -2.36. The predicted octanol–water partition coefficient (Wildman–Crippen LogP) is 6.09. The van der Waals surface area contributed by atoms with Gasteiger partial charge in [-0.1, -0.05) is 61.5 Å². The summed E-state index contributed by atoms with van der Waals surface area (Å²) in [5.41, 5.74) is 4.11. The molecule has 8 nitrogen and oxygen atoms in total. The number of ether oxygens (including phenoxy) is 2. The number of aliphatic hydroxyl groups excluding tert-OH is 2. The number of benzene rings is 3. The van der Waals surface area contributed by atoms with Crippen molar-refractivity contribution >= 4 is 46.1 Å². The summed E-state index contributed by atoms with van der Waals surface area (Å²) in [6.45, 7) is 2.03. The molecular formula is C37H40INO7. The monoisotopic (exact) mass is 737 g/mol. The number of imide groups is 1. The van der Waals surface area contributed by atoms with Crippen LogP contribution in [0.4, 0.5) is 0 Å². The highest BCUT2D eigenvalue weighted by Gasteiger charge is 2.54. The van der Waals surface area contributed by atoms with Crippen molar-refractivity contribution in [2.24, 2.45) is 17.8 Å². The first-order valence-corrected chi connectivity index (χ1v) is 16.7. The molecule has 9 heteroatoms. The number of likely N-dealkylation sites (tertiary alicyclic amines) is 1. The number of hydrogen-bond donors (Lipinski definition) is 3. The first-order chi connectivity index (χ1) is 22.3. The minimum atomic E-state index is -0.989. The zero-order valence-corrected chi connectivity index (χ0v) is 28.2.